The molecule has 1 amide bonds. The van der Waals surface area contributed by atoms with Crippen LogP contribution in [0, 0.1) is 0 Å². The van der Waals surface area contributed by atoms with E-state index in [0.717, 1.165) is 5.69 Å². The van der Waals surface area contributed by atoms with E-state index in [1.165, 1.54) is 19.2 Å². The molecule has 0 atom stereocenters. The van der Waals surface area contributed by atoms with Crippen molar-refractivity contribution in [1.29, 1.82) is 0 Å². The van der Waals surface area contributed by atoms with Crippen molar-refractivity contribution in [2.75, 3.05) is 10.6 Å². The number of carbonyl (C=O) groups is 2. The molecule has 1 aromatic carbocycles. The van der Waals surface area contributed by atoms with E-state index in [4.69, 9.17) is 5.11 Å². The van der Waals surface area contributed by atoms with E-state index in [1.54, 1.807) is 30.3 Å². The topological polar surface area (TPSA) is 91.3 Å². The quantitative estimate of drug-likeness (QED) is 0.794. The Balaban J connectivity index is 2.06. The Morgan fingerprint density at radius 2 is 1.60 bits per heavy atom. The van der Waals surface area contributed by atoms with Gasteiger partial charge in [-0.2, -0.15) is 0 Å². The Kier molecular flexibility index (Phi) is 3.95. The van der Waals surface area contributed by atoms with Crippen molar-refractivity contribution in [3.05, 3.63) is 48.3 Å². The van der Waals surface area contributed by atoms with Crippen LogP contribution in [0.3, 0.4) is 0 Å². The lowest BCUT2D eigenvalue weighted by Gasteiger charge is -2.07. The number of pyridine rings is 1. The number of hydrogen-bond donors (Lipinski definition) is 3. The molecule has 0 saturated heterocycles. The molecule has 3 N–H and O–H groups in total. The zero-order chi connectivity index (χ0) is 14.5. The molecule has 0 fully saturated rings. The lowest BCUT2D eigenvalue weighted by Crippen LogP contribution is -2.05. The number of carbonyl (C=O) groups excluding carboxylic acids is 1. The summed E-state index contributed by atoms with van der Waals surface area (Å²) in [6, 6.07) is 10.2. The molecule has 0 aliphatic heterocycles. The molecule has 6 nitrogen and oxygen atoms in total. The molecule has 2 rings (SSSR count). The van der Waals surface area contributed by atoms with E-state index < -0.39 is 5.97 Å². The van der Waals surface area contributed by atoms with E-state index in [2.05, 4.69) is 15.6 Å². The van der Waals surface area contributed by atoms with E-state index in [1.807, 2.05) is 0 Å². The van der Waals surface area contributed by atoms with Crippen LogP contribution in [-0.4, -0.2) is 22.0 Å². The molecule has 2 aromatic rings. The second-order valence-electron chi connectivity index (χ2n) is 4.12. The van der Waals surface area contributed by atoms with Gasteiger partial charge in [-0.15, -0.1) is 0 Å². The zero-order valence-corrected chi connectivity index (χ0v) is 10.8. The van der Waals surface area contributed by atoms with Crippen LogP contribution in [-0.2, 0) is 4.79 Å². The first-order valence-electron chi connectivity index (χ1n) is 5.88. The fraction of sp³-hybridized carbons (Fsp3) is 0.0714. The van der Waals surface area contributed by atoms with E-state index in [9.17, 15) is 9.59 Å². The molecule has 0 aliphatic carbocycles. The largest absolute Gasteiger partial charge is 0.477 e. The van der Waals surface area contributed by atoms with Crippen LogP contribution in [0.5, 0.6) is 0 Å². The average Bonchev–Trinajstić information content (AvgIpc) is 2.41. The molecule has 0 unspecified atom stereocenters. The van der Waals surface area contributed by atoms with E-state index >= 15 is 0 Å². The maximum Gasteiger partial charge on any atom is 0.354 e. The molecule has 1 heterocycles. The van der Waals surface area contributed by atoms with E-state index in [0.29, 0.717) is 11.4 Å². The van der Waals surface area contributed by atoms with Crippen LogP contribution in [0.15, 0.2) is 42.6 Å². The molecular formula is C14H13N3O3. The van der Waals surface area contributed by atoms with Gasteiger partial charge in [0.1, 0.15) is 5.69 Å². The molecule has 20 heavy (non-hydrogen) atoms. The maximum absolute atomic E-state index is 10.9. The second kappa shape index (κ2) is 5.83. The highest BCUT2D eigenvalue weighted by molar-refractivity contribution is 5.89. The number of aromatic nitrogens is 1. The number of carboxylic acid groups (broad SMARTS) is 1. The minimum Gasteiger partial charge on any atom is -0.477 e. The first-order valence-corrected chi connectivity index (χ1v) is 5.88. The van der Waals surface area contributed by atoms with Crippen LogP contribution in [0.4, 0.5) is 17.1 Å². The molecule has 1 aromatic heterocycles. The summed E-state index contributed by atoms with van der Waals surface area (Å²) >= 11 is 0. The van der Waals surface area contributed by atoms with Gasteiger partial charge in [-0.1, -0.05) is 0 Å². The third-order valence-corrected chi connectivity index (χ3v) is 2.48. The highest BCUT2D eigenvalue weighted by atomic mass is 16.4. The number of benzene rings is 1. The minimum absolute atomic E-state index is 0.00319. The smallest absolute Gasteiger partial charge is 0.354 e. The van der Waals surface area contributed by atoms with Gasteiger partial charge in [0.15, 0.2) is 0 Å². The number of rotatable bonds is 4. The number of carboxylic acids is 1. The number of hydrogen-bond acceptors (Lipinski definition) is 4. The van der Waals surface area contributed by atoms with Crippen LogP contribution in [0.25, 0.3) is 0 Å². The Labute approximate surface area is 115 Å². The lowest BCUT2D eigenvalue weighted by atomic mass is 10.2. The SMILES string of the molecule is CC(=O)Nc1ccc(Nc2ccc(C(=O)O)nc2)cc1. The molecular weight excluding hydrogens is 258 g/mol. The number of amides is 1. The minimum atomic E-state index is -1.06. The van der Waals surface area contributed by atoms with Gasteiger partial charge in [0.25, 0.3) is 0 Å². The van der Waals surface area contributed by atoms with Crippen molar-refractivity contribution in [2.24, 2.45) is 0 Å². The summed E-state index contributed by atoms with van der Waals surface area (Å²) in [5.41, 5.74) is 2.20. The Bertz CT molecular complexity index is 621. The van der Waals surface area contributed by atoms with Crippen LogP contribution in [0.1, 0.15) is 17.4 Å². The number of nitrogens with zero attached hydrogens (tertiary/aromatic N) is 1. The van der Waals surface area contributed by atoms with Crippen molar-refractivity contribution in [2.45, 2.75) is 6.92 Å². The molecule has 102 valence electrons. The fourth-order valence-corrected chi connectivity index (χ4v) is 1.60. The molecule has 0 aliphatic rings. The van der Waals surface area contributed by atoms with Crippen molar-refractivity contribution in [3.63, 3.8) is 0 Å². The van der Waals surface area contributed by atoms with Crippen molar-refractivity contribution >= 4 is 28.9 Å². The molecule has 0 bridgehead atoms. The third-order valence-electron chi connectivity index (χ3n) is 2.48. The van der Waals surface area contributed by atoms with Gasteiger partial charge in [0.2, 0.25) is 5.91 Å². The Morgan fingerprint density at radius 1 is 1.00 bits per heavy atom. The first kappa shape index (κ1) is 13.5. The second-order valence-corrected chi connectivity index (χ2v) is 4.12. The highest BCUT2D eigenvalue weighted by Gasteiger charge is 2.03. The third kappa shape index (κ3) is 3.55. The standard InChI is InChI=1S/C14H13N3O3/c1-9(18)16-10-2-4-11(5-3-10)17-12-6-7-13(14(19)20)15-8-12/h2-8,17H,1H3,(H,16,18)(H,19,20). The van der Waals surface area contributed by atoms with Crippen LogP contribution in [0.2, 0.25) is 0 Å². The summed E-state index contributed by atoms with van der Waals surface area (Å²) in [5, 5.41) is 14.5. The van der Waals surface area contributed by atoms with Gasteiger partial charge >= 0.3 is 5.97 Å². The molecule has 6 heteroatoms. The molecule has 0 spiro atoms. The van der Waals surface area contributed by atoms with Crippen molar-refractivity contribution in [1.82, 2.24) is 4.98 Å². The summed E-state index contributed by atoms with van der Waals surface area (Å²) in [7, 11) is 0. The fourth-order valence-electron chi connectivity index (χ4n) is 1.60. The normalized spacial score (nSPS) is 9.85. The van der Waals surface area contributed by atoms with Gasteiger partial charge in [-0.05, 0) is 36.4 Å². The number of anilines is 3. The number of aromatic carboxylic acids is 1. The molecule has 0 radical (unpaired) electrons. The number of nitrogens with one attached hydrogen (secondary N) is 2. The van der Waals surface area contributed by atoms with Gasteiger partial charge in [-0.3, -0.25) is 4.79 Å². The summed E-state index contributed by atoms with van der Waals surface area (Å²) in [4.78, 5) is 25.4. The van der Waals surface area contributed by atoms with Crippen molar-refractivity contribution in [3.8, 4) is 0 Å². The Morgan fingerprint density at radius 3 is 2.10 bits per heavy atom. The van der Waals surface area contributed by atoms with Gasteiger partial charge in [-0.25, -0.2) is 9.78 Å². The summed E-state index contributed by atoms with van der Waals surface area (Å²) in [5.74, 6) is -1.18. The molecule has 0 saturated carbocycles. The van der Waals surface area contributed by atoms with Crippen molar-refractivity contribution < 1.29 is 14.7 Å². The maximum atomic E-state index is 10.9. The Hall–Kier alpha value is -2.89. The van der Waals surface area contributed by atoms with Gasteiger partial charge in [0, 0.05) is 18.3 Å². The lowest BCUT2D eigenvalue weighted by molar-refractivity contribution is -0.114. The predicted octanol–water partition coefficient (Wildman–Crippen LogP) is 2.48. The summed E-state index contributed by atoms with van der Waals surface area (Å²) in [6.45, 7) is 1.45. The predicted molar refractivity (Wildman–Crippen MR) is 75.2 cm³/mol. The first-order chi connectivity index (χ1) is 9.54. The highest BCUT2D eigenvalue weighted by Crippen LogP contribution is 2.18. The van der Waals surface area contributed by atoms with Gasteiger partial charge in [0.05, 0.1) is 11.9 Å². The van der Waals surface area contributed by atoms with E-state index in [-0.39, 0.29) is 11.6 Å². The zero-order valence-electron chi connectivity index (χ0n) is 10.8. The monoisotopic (exact) mass is 271 g/mol. The van der Waals surface area contributed by atoms with Gasteiger partial charge < -0.3 is 15.7 Å². The summed E-state index contributed by atoms with van der Waals surface area (Å²) < 4.78 is 0. The van der Waals surface area contributed by atoms with Crippen LogP contribution >= 0.6 is 0 Å². The average molecular weight is 271 g/mol. The summed E-state index contributed by atoms with van der Waals surface area (Å²) in [6.07, 6.45) is 1.45. The van der Waals surface area contributed by atoms with Crippen LogP contribution < -0.4 is 10.6 Å².